The molecule has 3 atom stereocenters. The lowest BCUT2D eigenvalue weighted by Gasteiger charge is -2.39. The van der Waals surface area contributed by atoms with Crippen LogP contribution in [0.2, 0.25) is 0 Å². The molecule has 0 radical (unpaired) electrons. The summed E-state index contributed by atoms with van der Waals surface area (Å²) >= 11 is 0. The number of rotatable bonds is 13. The lowest BCUT2D eigenvalue weighted by atomic mass is 9.95. The van der Waals surface area contributed by atoms with E-state index in [2.05, 4.69) is 25.4 Å². The first-order valence-corrected chi connectivity index (χ1v) is 20.7. The van der Waals surface area contributed by atoms with E-state index in [1.165, 1.54) is 6.33 Å². The van der Waals surface area contributed by atoms with Crippen LogP contribution in [0.1, 0.15) is 70.5 Å². The normalized spacial score (nSPS) is 20.6. The van der Waals surface area contributed by atoms with Crippen molar-refractivity contribution in [2.75, 3.05) is 64.7 Å². The zero-order valence-corrected chi connectivity index (χ0v) is 33.3. The van der Waals surface area contributed by atoms with E-state index in [-0.39, 0.29) is 24.5 Å². The fourth-order valence-corrected chi connectivity index (χ4v) is 8.90. The SMILES string of the molecule is NCC(c1cccc2c1C(=O)N(C1CCONO1)C2=O)N1CCN(C(=O)CCCCN2CCC(n3nc(-c4ccc(Oc5ccccc5)cc4)c4c(N)ncnc43)C2)CC1. The first-order chi connectivity index (χ1) is 29.4. The van der Waals surface area contributed by atoms with Crippen LogP contribution in [0.15, 0.2) is 79.1 Å². The van der Waals surface area contributed by atoms with E-state index in [1.54, 1.807) is 12.1 Å². The minimum Gasteiger partial charge on any atom is -0.457 e. The number of nitrogens with two attached hydrogens (primary N) is 2. The van der Waals surface area contributed by atoms with Crippen LogP contribution in [0.3, 0.4) is 0 Å². The molecule has 2 aromatic heterocycles. The number of carbonyl (C=O) groups excluding carboxylic acids is 3. The maximum atomic E-state index is 13.6. The molecular weight excluding hydrogens is 767 g/mol. The number of imide groups is 1. The lowest BCUT2D eigenvalue weighted by Crippen LogP contribution is -2.51. The van der Waals surface area contributed by atoms with Crippen molar-refractivity contribution in [2.45, 2.75) is 50.4 Å². The van der Waals surface area contributed by atoms with Crippen molar-refractivity contribution < 1.29 is 28.8 Å². The van der Waals surface area contributed by atoms with Crippen molar-refractivity contribution in [2.24, 2.45) is 5.73 Å². The maximum Gasteiger partial charge on any atom is 0.264 e. The van der Waals surface area contributed by atoms with E-state index in [0.29, 0.717) is 62.6 Å². The van der Waals surface area contributed by atoms with Gasteiger partial charge in [-0.1, -0.05) is 36.0 Å². The predicted molar refractivity (Wildman–Crippen MR) is 221 cm³/mol. The first kappa shape index (κ1) is 39.6. The van der Waals surface area contributed by atoms with Gasteiger partial charge in [-0.15, -0.1) is 0 Å². The zero-order chi connectivity index (χ0) is 41.2. The Kier molecular flexibility index (Phi) is 11.5. The molecular formula is C43H49N11O6. The number of ether oxygens (including phenoxy) is 1. The number of nitrogens with one attached hydrogen (secondary N) is 1. The molecule has 0 saturated carbocycles. The van der Waals surface area contributed by atoms with Crippen molar-refractivity contribution in [3.8, 4) is 22.8 Å². The molecule has 3 aromatic carbocycles. The van der Waals surface area contributed by atoms with Gasteiger partial charge in [-0.2, -0.15) is 5.10 Å². The molecule has 0 spiro atoms. The monoisotopic (exact) mass is 815 g/mol. The van der Waals surface area contributed by atoms with Gasteiger partial charge in [-0.05, 0) is 73.8 Å². The minimum atomic E-state index is -0.762. The van der Waals surface area contributed by atoms with Crippen molar-refractivity contribution >= 4 is 34.6 Å². The van der Waals surface area contributed by atoms with Gasteiger partial charge in [0.15, 0.2) is 11.9 Å². The Morgan fingerprint density at radius 3 is 2.47 bits per heavy atom. The van der Waals surface area contributed by atoms with Gasteiger partial charge in [0, 0.05) is 70.3 Å². The molecule has 17 nitrogen and oxygen atoms in total. The van der Waals surface area contributed by atoms with Gasteiger partial charge in [0.05, 0.1) is 29.2 Å². The Labute approximate surface area is 347 Å². The number of para-hydroxylation sites is 1. The molecule has 3 unspecified atom stereocenters. The number of carbonyl (C=O) groups is 3. The van der Waals surface area contributed by atoms with Crippen LogP contribution >= 0.6 is 0 Å². The summed E-state index contributed by atoms with van der Waals surface area (Å²) in [6, 6.07) is 22.7. The van der Waals surface area contributed by atoms with Crippen LogP contribution in [0.4, 0.5) is 5.82 Å². The van der Waals surface area contributed by atoms with Crippen molar-refractivity contribution in [1.82, 2.24) is 45.0 Å². The van der Waals surface area contributed by atoms with Crippen LogP contribution < -0.4 is 21.8 Å². The molecule has 4 aliphatic heterocycles. The molecule has 4 aliphatic rings. The van der Waals surface area contributed by atoms with Gasteiger partial charge in [-0.3, -0.25) is 29.0 Å². The quantitative estimate of drug-likeness (QED) is 0.114. The molecule has 6 heterocycles. The topological polar surface area (TPSA) is 200 Å². The molecule has 5 aromatic rings. The molecule has 17 heteroatoms. The number of piperazine rings is 1. The number of unbranched alkanes of at least 4 members (excludes halogenated alkanes) is 1. The summed E-state index contributed by atoms with van der Waals surface area (Å²) in [5, 5.41) is 5.81. The highest BCUT2D eigenvalue weighted by molar-refractivity contribution is 6.22. The average molecular weight is 816 g/mol. The highest BCUT2D eigenvalue weighted by atomic mass is 16.9. The molecule has 0 bridgehead atoms. The fourth-order valence-electron chi connectivity index (χ4n) is 8.90. The lowest BCUT2D eigenvalue weighted by molar-refractivity contribution is -0.259. The van der Waals surface area contributed by atoms with E-state index >= 15 is 0 Å². The van der Waals surface area contributed by atoms with Gasteiger partial charge in [0.25, 0.3) is 11.8 Å². The molecule has 0 aliphatic carbocycles. The molecule has 3 amide bonds. The minimum absolute atomic E-state index is 0.124. The van der Waals surface area contributed by atoms with Crippen LogP contribution in [0, 0.1) is 0 Å². The molecule has 5 N–H and O–H groups in total. The molecule has 312 valence electrons. The predicted octanol–water partition coefficient (Wildman–Crippen LogP) is 3.91. The third-order valence-electron chi connectivity index (χ3n) is 12.0. The summed E-state index contributed by atoms with van der Waals surface area (Å²) < 4.78 is 8.00. The number of fused-ring (bicyclic) bond motifs is 2. The molecule has 60 heavy (non-hydrogen) atoms. The van der Waals surface area contributed by atoms with E-state index in [0.717, 1.165) is 83.1 Å². The highest BCUT2D eigenvalue weighted by Gasteiger charge is 2.44. The van der Waals surface area contributed by atoms with Crippen LogP contribution in [-0.4, -0.2) is 122 Å². The fraction of sp³-hybridized carbons (Fsp3) is 0.395. The van der Waals surface area contributed by atoms with Gasteiger partial charge in [0.2, 0.25) is 5.91 Å². The summed E-state index contributed by atoms with van der Waals surface area (Å²) in [5.74, 6) is 1.25. The Morgan fingerprint density at radius 1 is 0.900 bits per heavy atom. The second kappa shape index (κ2) is 17.4. The first-order valence-electron chi connectivity index (χ1n) is 20.7. The van der Waals surface area contributed by atoms with Crippen LogP contribution in [0.5, 0.6) is 11.5 Å². The number of nitrogen functional groups attached to an aromatic ring is 1. The summed E-state index contributed by atoms with van der Waals surface area (Å²) in [7, 11) is 0. The molecule has 3 fully saturated rings. The van der Waals surface area contributed by atoms with Gasteiger partial charge < -0.3 is 26.0 Å². The number of amides is 3. The van der Waals surface area contributed by atoms with E-state index in [1.807, 2.05) is 70.2 Å². The number of hydrogen-bond donors (Lipinski definition) is 3. The van der Waals surface area contributed by atoms with Crippen molar-refractivity contribution in [3.63, 3.8) is 0 Å². The number of hydrogen-bond acceptors (Lipinski definition) is 14. The van der Waals surface area contributed by atoms with Gasteiger partial charge >= 0.3 is 0 Å². The number of likely N-dealkylation sites (tertiary alicyclic amines) is 1. The molecule has 9 rings (SSSR count). The number of benzene rings is 3. The largest absolute Gasteiger partial charge is 0.457 e. The standard InChI is InChI=1S/C43H49N11O6/c44-25-34(32-9-6-10-33-37(32)43(57)53(42(33)56)36-17-24-58-49-60-36)51-20-22-52(23-21-51)35(55)11-4-5-18-50-19-16-29(26-50)54-41-38(40(45)46-27-47-41)39(48-54)28-12-14-31(15-13-28)59-30-7-2-1-3-8-30/h1-3,6-10,12-15,27,29,34,36,49H,4-5,11,16-26,44H2,(H2,45,46,47). The second-order valence-corrected chi connectivity index (χ2v) is 15.6. The summed E-state index contributed by atoms with van der Waals surface area (Å²) in [5.41, 5.74) is 18.9. The Morgan fingerprint density at radius 2 is 1.70 bits per heavy atom. The number of anilines is 1. The van der Waals surface area contributed by atoms with Crippen molar-refractivity contribution in [1.29, 1.82) is 0 Å². The maximum absolute atomic E-state index is 13.6. The van der Waals surface area contributed by atoms with Crippen LogP contribution in [-0.2, 0) is 14.5 Å². The zero-order valence-electron chi connectivity index (χ0n) is 33.3. The summed E-state index contributed by atoms with van der Waals surface area (Å²) in [4.78, 5) is 67.3. The highest BCUT2D eigenvalue weighted by Crippen LogP contribution is 2.36. The molecule has 3 saturated heterocycles. The Hall–Kier alpha value is -5.82. The van der Waals surface area contributed by atoms with E-state index in [9.17, 15) is 14.4 Å². The van der Waals surface area contributed by atoms with E-state index in [4.69, 9.17) is 31.0 Å². The third-order valence-corrected chi connectivity index (χ3v) is 12.0. The second-order valence-electron chi connectivity index (χ2n) is 15.6. The van der Waals surface area contributed by atoms with Gasteiger partial charge in [0.1, 0.15) is 29.3 Å². The van der Waals surface area contributed by atoms with E-state index < -0.39 is 18.0 Å². The summed E-state index contributed by atoms with van der Waals surface area (Å²) in [6.07, 6.45) is 4.20. The number of aromatic nitrogens is 4. The Balaban J connectivity index is 0.761. The van der Waals surface area contributed by atoms with Crippen LogP contribution in [0.25, 0.3) is 22.3 Å². The Bertz CT molecular complexity index is 2350. The van der Waals surface area contributed by atoms with Gasteiger partial charge in [-0.25, -0.2) is 19.5 Å². The number of nitrogens with zero attached hydrogens (tertiary/aromatic N) is 8. The summed E-state index contributed by atoms with van der Waals surface area (Å²) in [6.45, 7) is 5.56. The average Bonchev–Trinajstić information content (AvgIpc) is 3.99. The smallest absolute Gasteiger partial charge is 0.264 e. The third kappa shape index (κ3) is 7.82. The van der Waals surface area contributed by atoms with Crippen molar-refractivity contribution in [3.05, 3.63) is 95.8 Å².